The molecular weight excluding hydrogens is 315 g/mol. The predicted molar refractivity (Wildman–Crippen MR) is 59.7 cm³/mol. The molecule has 71 valence electrons. The van der Waals surface area contributed by atoms with E-state index in [-0.39, 0.29) is 0 Å². The van der Waals surface area contributed by atoms with Crippen LogP contribution in [0.15, 0.2) is 28.2 Å². The number of allylic oxidation sites excluding steroid dienone is 1. The average Bonchev–Trinajstić information content (AvgIpc) is 2.46. The van der Waals surface area contributed by atoms with E-state index < -0.39 is 0 Å². The molecule has 2 heteroatoms. The Balaban J connectivity index is 2.52. The van der Waals surface area contributed by atoms with Gasteiger partial charge >= 0.3 is 109 Å². The first kappa shape index (κ1) is 10.8. The van der Waals surface area contributed by atoms with Gasteiger partial charge in [-0.1, -0.05) is 0 Å². The third-order valence-electron chi connectivity index (χ3n) is 2.71. The van der Waals surface area contributed by atoms with Crippen molar-refractivity contribution < 1.29 is 24.7 Å². The zero-order valence-electron chi connectivity index (χ0n) is 8.34. The summed E-state index contributed by atoms with van der Waals surface area (Å²) in [6.07, 6.45) is 2.36. The fourth-order valence-corrected chi connectivity index (χ4v) is 4.03. The molecule has 0 heterocycles. The van der Waals surface area contributed by atoms with Crippen LogP contribution in [-0.4, -0.2) is 0 Å². The summed E-state index contributed by atoms with van der Waals surface area (Å²) in [5, 5.41) is 0. The van der Waals surface area contributed by atoms with Crippen molar-refractivity contribution in [3.05, 3.63) is 39.4 Å². The molecule has 0 nitrogen and oxygen atoms in total. The number of rotatable bonds is 1. The molecule has 0 N–H and O–H groups in total. The maximum absolute atomic E-state index is 3.62. The van der Waals surface area contributed by atoms with E-state index >= 15 is 0 Å². The van der Waals surface area contributed by atoms with Crippen molar-refractivity contribution in [2.24, 2.45) is 5.92 Å². The summed E-state index contributed by atoms with van der Waals surface area (Å²) >= 11 is 5.21. The van der Waals surface area contributed by atoms with Crippen molar-refractivity contribution >= 4 is 22.0 Å². The molecule has 0 amide bonds. The Bertz CT molecular complexity index is 393. The molecule has 0 bridgehead atoms. The maximum atomic E-state index is 3.62. The zero-order valence-corrected chi connectivity index (χ0v) is 12.4. The Morgan fingerprint density at radius 1 is 1.36 bits per heavy atom. The number of hydrogen-bond acceptors (Lipinski definition) is 0. The van der Waals surface area contributed by atoms with E-state index in [4.69, 9.17) is 0 Å². The molecule has 2 rings (SSSR count). The minimum atomic E-state index is 0.665. The van der Waals surface area contributed by atoms with Gasteiger partial charge in [-0.15, -0.1) is 0 Å². The number of halogens is 1. The quantitative estimate of drug-likeness (QED) is 0.729. The van der Waals surface area contributed by atoms with Gasteiger partial charge in [0.2, 0.25) is 0 Å². The Kier molecular flexibility index (Phi) is 3.14. The molecule has 1 unspecified atom stereocenters. The van der Waals surface area contributed by atoms with Crippen LogP contribution < -0.4 is 0 Å². The number of benzene rings is 1. The van der Waals surface area contributed by atoms with E-state index in [0.717, 1.165) is 0 Å². The van der Waals surface area contributed by atoms with Gasteiger partial charge in [0.1, 0.15) is 0 Å². The van der Waals surface area contributed by atoms with Gasteiger partial charge in [-0.25, -0.2) is 0 Å². The Morgan fingerprint density at radius 3 is 2.64 bits per heavy atom. The van der Waals surface area contributed by atoms with Crippen LogP contribution in [0, 0.1) is 5.92 Å². The molecule has 1 aromatic rings. The fraction of sp³-hybridized carbons (Fsp3) is 0.333. The molecule has 0 saturated heterocycles. The van der Waals surface area contributed by atoms with Gasteiger partial charge in [-0.05, 0) is 0 Å². The van der Waals surface area contributed by atoms with Crippen LogP contribution >= 0.6 is 15.9 Å². The van der Waals surface area contributed by atoms with Gasteiger partial charge in [-0.3, -0.25) is 0 Å². The van der Waals surface area contributed by atoms with Gasteiger partial charge in [-0.2, -0.15) is 0 Å². The van der Waals surface area contributed by atoms with Crippen LogP contribution in [0.25, 0.3) is 6.08 Å². The van der Waals surface area contributed by atoms with E-state index in [0.29, 0.717) is 9.54 Å². The van der Waals surface area contributed by atoms with E-state index in [2.05, 4.69) is 54.1 Å². The summed E-state index contributed by atoms with van der Waals surface area (Å²) in [5.41, 5.74) is 4.49. The van der Waals surface area contributed by atoms with Crippen molar-refractivity contribution in [2.75, 3.05) is 0 Å². The SMILES string of the molecule is CC(C)C1=Cc2c(Br)cccc2[CH]1[Zr]. The average molecular weight is 327 g/mol. The first-order valence-corrected chi connectivity index (χ1v) is 7.03. The summed E-state index contributed by atoms with van der Waals surface area (Å²) in [5.74, 6) is 0.665. The van der Waals surface area contributed by atoms with Gasteiger partial charge in [0, 0.05) is 0 Å². The number of fused-ring (bicyclic) bond motifs is 1. The normalized spacial score (nSPS) is 19.6. The third-order valence-corrected chi connectivity index (χ3v) is 4.98. The molecule has 14 heavy (non-hydrogen) atoms. The first-order valence-electron chi connectivity index (χ1n) is 4.82. The minimum absolute atomic E-state index is 0.665. The van der Waals surface area contributed by atoms with Crippen molar-refractivity contribution in [2.45, 2.75) is 17.5 Å². The topological polar surface area (TPSA) is 0 Å². The van der Waals surface area contributed by atoms with Crippen molar-refractivity contribution in [1.82, 2.24) is 0 Å². The zero-order chi connectivity index (χ0) is 10.3. The third kappa shape index (κ3) is 1.72. The molecule has 1 aromatic carbocycles. The summed E-state index contributed by atoms with van der Waals surface area (Å²) in [6.45, 7) is 4.56. The second-order valence-corrected chi connectivity index (χ2v) is 6.25. The summed E-state index contributed by atoms with van der Waals surface area (Å²) in [4.78, 5) is 0. The van der Waals surface area contributed by atoms with Crippen LogP contribution in [0.1, 0.15) is 28.6 Å². The Morgan fingerprint density at radius 2 is 2.07 bits per heavy atom. The van der Waals surface area contributed by atoms with Crippen molar-refractivity contribution in [1.29, 1.82) is 0 Å². The second-order valence-electron chi connectivity index (χ2n) is 3.97. The monoisotopic (exact) mass is 325 g/mol. The molecule has 0 saturated carbocycles. The van der Waals surface area contributed by atoms with Crippen molar-refractivity contribution in [3.63, 3.8) is 0 Å². The van der Waals surface area contributed by atoms with E-state index in [9.17, 15) is 0 Å². The van der Waals surface area contributed by atoms with E-state index in [1.165, 1.54) is 15.6 Å². The molecular formula is C12H12BrZr. The molecule has 1 atom stereocenters. The van der Waals surface area contributed by atoms with Crippen LogP contribution in [0.3, 0.4) is 0 Å². The summed E-state index contributed by atoms with van der Waals surface area (Å²) in [7, 11) is 0. The second kappa shape index (κ2) is 4.06. The van der Waals surface area contributed by atoms with Crippen molar-refractivity contribution in [3.8, 4) is 0 Å². The van der Waals surface area contributed by atoms with Gasteiger partial charge < -0.3 is 0 Å². The summed E-state index contributed by atoms with van der Waals surface area (Å²) < 4.78 is 1.91. The predicted octanol–water partition coefficient (Wildman–Crippen LogP) is 4.09. The Hall–Kier alpha value is 0.323. The van der Waals surface area contributed by atoms with Crippen LogP contribution in [0.4, 0.5) is 0 Å². The molecule has 0 spiro atoms. The van der Waals surface area contributed by atoms with E-state index in [1.54, 1.807) is 30.3 Å². The first-order chi connectivity index (χ1) is 6.61. The summed E-state index contributed by atoms with van der Waals surface area (Å²) in [6, 6.07) is 6.52. The van der Waals surface area contributed by atoms with Crippen LogP contribution in [0.5, 0.6) is 0 Å². The molecule has 0 fully saturated rings. The standard InChI is InChI=1S/C12H12Br.Zr/c1-8(2)10-6-9-4-3-5-12(13)11(9)7-10;/h3-8H,1-2H3;. The van der Waals surface area contributed by atoms with E-state index in [1.807, 2.05) is 0 Å². The van der Waals surface area contributed by atoms with Crippen LogP contribution in [0.2, 0.25) is 0 Å². The molecule has 0 aliphatic heterocycles. The fourth-order valence-electron chi connectivity index (χ4n) is 1.89. The van der Waals surface area contributed by atoms with Gasteiger partial charge in [0.15, 0.2) is 0 Å². The van der Waals surface area contributed by atoms with Crippen LogP contribution in [-0.2, 0) is 24.7 Å². The van der Waals surface area contributed by atoms with Gasteiger partial charge in [0.05, 0.1) is 0 Å². The molecule has 1 aliphatic rings. The number of hydrogen-bond donors (Lipinski definition) is 0. The molecule has 0 aromatic heterocycles. The van der Waals surface area contributed by atoms with Gasteiger partial charge in [0.25, 0.3) is 0 Å². The molecule has 1 aliphatic carbocycles. The molecule has 0 radical (unpaired) electrons. The Labute approximate surface area is 109 Å².